The van der Waals surface area contributed by atoms with Gasteiger partial charge in [-0.2, -0.15) is 0 Å². The van der Waals surface area contributed by atoms with Gasteiger partial charge in [0.1, 0.15) is 0 Å². The number of aliphatic hydroxyl groups is 1. The van der Waals surface area contributed by atoms with Crippen molar-refractivity contribution in [2.75, 3.05) is 32.9 Å². The maximum atomic E-state index is 12.3. The Morgan fingerprint density at radius 1 is 1.03 bits per heavy atom. The Labute approximate surface area is 173 Å². The van der Waals surface area contributed by atoms with E-state index in [0.29, 0.717) is 16.2 Å². The molecule has 1 heterocycles. The summed E-state index contributed by atoms with van der Waals surface area (Å²) in [4.78, 5) is 25.0. The lowest BCUT2D eigenvalue weighted by molar-refractivity contribution is 0.0961. The number of nitrogens with one attached hydrogen (secondary N) is 1. The lowest BCUT2D eigenvalue weighted by atomic mass is 10.1. The molecule has 0 aliphatic rings. The van der Waals surface area contributed by atoms with E-state index in [0.717, 1.165) is 16.9 Å². The number of ether oxygens (including phenoxy) is 1. The molecule has 0 unspecified atom stereocenters. The molecule has 0 aliphatic carbocycles. The number of thiophene rings is 1. The number of rotatable bonds is 13. The molecule has 10 heteroatoms. The van der Waals surface area contributed by atoms with Gasteiger partial charge in [0.05, 0.1) is 41.0 Å². The second-order valence-electron chi connectivity index (χ2n) is 6.09. The van der Waals surface area contributed by atoms with Crippen LogP contribution in [0.5, 0.6) is 0 Å². The number of nitrogens with two attached hydrogens (primary N) is 1. The molecule has 2 aromatic rings. The summed E-state index contributed by atoms with van der Waals surface area (Å²) in [6, 6.07) is 9.54. The van der Waals surface area contributed by atoms with Crippen LogP contribution < -0.4 is 10.5 Å². The molecule has 0 fully saturated rings. The summed E-state index contributed by atoms with van der Waals surface area (Å²) in [5.74, 6) is -0.272. The highest BCUT2D eigenvalue weighted by Crippen LogP contribution is 2.20. The number of carbonyl (C=O) groups excluding carboxylic acids is 2. The maximum Gasteiger partial charge on any atom is 0.240 e. The zero-order chi connectivity index (χ0) is 21.3. The normalized spacial score (nSPS) is 11.5. The molecule has 0 aliphatic heterocycles. The van der Waals surface area contributed by atoms with Crippen LogP contribution in [0.25, 0.3) is 0 Å². The van der Waals surface area contributed by atoms with Crippen molar-refractivity contribution in [1.82, 2.24) is 4.72 Å². The average Bonchev–Trinajstić information content (AvgIpc) is 3.22. The standard InChI is InChI=1S/C19H24N2O6S2/c20-13-17(24)19-8-7-18(28-19)16(23)6-3-14-1-4-15(5-2-14)29(25,26)21-9-11-27-12-10-22/h1-2,4-5,7-8,21-22H,3,6,9-13,20H2. The molecule has 0 amide bonds. The Morgan fingerprint density at radius 2 is 1.69 bits per heavy atom. The third kappa shape index (κ3) is 7.11. The van der Waals surface area contributed by atoms with E-state index in [2.05, 4.69) is 4.72 Å². The number of aryl methyl sites for hydroxylation is 1. The monoisotopic (exact) mass is 440 g/mol. The SMILES string of the molecule is NCC(=O)c1ccc(C(=O)CCc2ccc(S(=O)(=O)NCCOCCO)cc2)s1. The van der Waals surface area contributed by atoms with Gasteiger partial charge < -0.3 is 15.6 Å². The molecular formula is C19H24N2O6S2. The van der Waals surface area contributed by atoms with E-state index < -0.39 is 10.0 Å². The van der Waals surface area contributed by atoms with Gasteiger partial charge >= 0.3 is 0 Å². The molecule has 29 heavy (non-hydrogen) atoms. The molecule has 0 saturated carbocycles. The number of Topliss-reactive ketones (excluding diaryl/α,β-unsaturated/α-hetero) is 2. The second-order valence-corrected chi connectivity index (χ2v) is 8.94. The largest absolute Gasteiger partial charge is 0.394 e. The second kappa shape index (κ2) is 11.3. The number of hydrogen-bond donors (Lipinski definition) is 3. The van der Waals surface area contributed by atoms with Crippen LogP contribution in [0.3, 0.4) is 0 Å². The lowest BCUT2D eigenvalue weighted by Crippen LogP contribution is -2.27. The quantitative estimate of drug-likeness (QED) is 0.312. The molecule has 158 valence electrons. The van der Waals surface area contributed by atoms with Crippen LogP contribution in [0.2, 0.25) is 0 Å². The number of hydrogen-bond acceptors (Lipinski definition) is 8. The van der Waals surface area contributed by atoms with Gasteiger partial charge in [-0.05, 0) is 36.2 Å². The summed E-state index contributed by atoms with van der Waals surface area (Å²) in [5.41, 5.74) is 6.15. The van der Waals surface area contributed by atoms with E-state index in [1.54, 1.807) is 24.3 Å². The molecule has 1 aromatic heterocycles. The minimum Gasteiger partial charge on any atom is -0.394 e. The molecule has 0 radical (unpaired) electrons. The van der Waals surface area contributed by atoms with E-state index in [1.165, 1.54) is 12.1 Å². The number of aliphatic hydroxyl groups excluding tert-OH is 1. The highest BCUT2D eigenvalue weighted by atomic mass is 32.2. The fourth-order valence-corrected chi connectivity index (χ4v) is 4.39. The number of carbonyl (C=O) groups is 2. The third-order valence-corrected chi connectivity index (χ3v) is 6.63. The summed E-state index contributed by atoms with van der Waals surface area (Å²) in [7, 11) is -3.65. The smallest absolute Gasteiger partial charge is 0.240 e. The van der Waals surface area contributed by atoms with Crippen LogP contribution in [0, 0.1) is 0 Å². The Balaban J connectivity index is 1.87. The van der Waals surface area contributed by atoms with Crippen molar-refractivity contribution in [2.24, 2.45) is 5.73 Å². The van der Waals surface area contributed by atoms with Crippen molar-refractivity contribution >= 4 is 32.9 Å². The molecule has 2 rings (SSSR count). The molecule has 0 saturated heterocycles. The Hall–Kier alpha value is -1.95. The van der Waals surface area contributed by atoms with Crippen molar-refractivity contribution in [3.05, 3.63) is 51.7 Å². The molecule has 1 aromatic carbocycles. The molecule has 0 atom stereocenters. The van der Waals surface area contributed by atoms with E-state index in [9.17, 15) is 18.0 Å². The molecule has 8 nitrogen and oxygen atoms in total. The third-order valence-electron chi connectivity index (χ3n) is 3.99. The molecule has 0 bridgehead atoms. The van der Waals surface area contributed by atoms with E-state index in [4.69, 9.17) is 15.6 Å². The Kier molecular flexibility index (Phi) is 9.08. The first kappa shape index (κ1) is 23.3. The van der Waals surface area contributed by atoms with Crippen molar-refractivity contribution in [3.8, 4) is 0 Å². The maximum absolute atomic E-state index is 12.3. The fourth-order valence-electron chi connectivity index (χ4n) is 2.45. The molecule has 4 N–H and O–H groups in total. The predicted molar refractivity (Wildman–Crippen MR) is 110 cm³/mol. The zero-order valence-corrected chi connectivity index (χ0v) is 17.4. The minimum atomic E-state index is -3.65. The van der Waals surface area contributed by atoms with Crippen LogP contribution >= 0.6 is 11.3 Å². The summed E-state index contributed by atoms with van der Waals surface area (Å²) in [5, 5.41) is 8.60. The summed E-state index contributed by atoms with van der Waals surface area (Å²) >= 11 is 1.14. The van der Waals surface area contributed by atoms with Gasteiger partial charge in [-0.3, -0.25) is 9.59 Å². The minimum absolute atomic E-state index is 0.0766. The van der Waals surface area contributed by atoms with Crippen LogP contribution in [0.1, 0.15) is 31.3 Å². The molecule has 0 spiro atoms. The van der Waals surface area contributed by atoms with Crippen molar-refractivity contribution in [1.29, 1.82) is 0 Å². The average molecular weight is 441 g/mol. The van der Waals surface area contributed by atoms with Gasteiger partial charge in [0.2, 0.25) is 10.0 Å². The van der Waals surface area contributed by atoms with Gasteiger partial charge in [-0.1, -0.05) is 12.1 Å². The van der Waals surface area contributed by atoms with Crippen molar-refractivity contribution in [2.45, 2.75) is 17.7 Å². The highest BCUT2D eigenvalue weighted by Gasteiger charge is 2.15. The van der Waals surface area contributed by atoms with E-state index in [1.807, 2.05) is 0 Å². The van der Waals surface area contributed by atoms with Gasteiger partial charge in [0.15, 0.2) is 11.6 Å². The first-order chi connectivity index (χ1) is 13.9. The zero-order valence-electron chi connectivity index (χ0n) is 15.8. The van der Waals surface area contributed by atoms with Crippen LogP contribution in [-0.2, 0) is 21.2 Å². The first-order valence-electron chi connectivity index (χ1n) is 9.01. The number of sulfonamides is 1. The molecular weight excluding hydrogens is 416 g/mol. The fraction of sp³-hybridized carbons (Fsp3) is 0.368. The van der Waals surface area contributed by atoms with Crippen molar-refractivity contribution < 1.29 is 27.9 Å². The van der Waals surface area contributed by atoms with Gasteiger partial charge in [-0.15, -0.1) is 11.3 Å². The predicted octanol–water partition coefficient (Wildman–Crippen LogP) is 0.992. The van der Waals surface area contributed by atoms with Gasteiger partial charge in [0.25, 0.3) is 0 Å². The Morgan fingerprint density at radius 3 is 2.31 bits per heavy atom. The van der Waals surface area contributed by atoms with Gasteiger partial charge in [-0.25, -0.2) is 13.1 Å². The summed E-state index contributed by atoms with van der Waals surface area (Å²) < 4.78 is 31.8. The highest BCUT2D eigenvalue weighted by molar-refractivity contribution is 7.89. The first-order valence-corrected chi connectivity index (χ1v) is 11.3. The van der Waals surface area contributed by atoms with E-state index in [-0.39, 0.29) is 55.8 Å². The van der Waals surface area contributed by atoms with E-state index >= 15 is 0 Å². The van der Waals surface area contributed by atoms with Crippen LogP contribution in [0.4, 0.5) is 0 Å². The number of ketones is 2. The van der Waals surface area contributed by atoms with Crippen LogP contribution in [0.15, 0.2) is 41.3 Å². The Bertz CT molecular complexity index is 922. The number of benzene rings is 1. The van der Waals surface area contributed by atoms with Crippen LogP contribution in [-0.4, -0.2) is 58.0 Å². The lowest BCUT2D eigenvalue weighted by Gasteiger charge is -2.08. The summed E-state index contributed by atoms with van der Waals surface area (Å²) in [6.07, 6.45) is 0.711. The summed E-state index contributed by atoms with van der Waals surface area (Å²) in [6.45, 7) is 0.227. The van der Waals surface area contributed by atoms with Crippen molar-refractivity contribution in [3.63, 3.8) is 0 Å². The van der Waals surface area contributed by atoms with Gasteiger partial charge in [0, 0.05) is 13.0 Å². The topological polar surface area (TPSA) is 136 Å².